The largest absolute Gasteiger partial charge is 0.494 e. The second-order valence-electron chi connectivity index (χ2n) is 3.38. The van der Waals surface area contributed by atoms with Gasteiger partial charge in [0.1, 0.15) is 0 Å². The van der Waals surface area contributed by atoms with Crippen LogP contribution in [0, 0.1) is 0 Å². The lowest BCUT2D eigenvalue weighted by molar-refractivity contribution is 0.376. The van der Waals surface area contributed by atoms with Gasteiger partial charge < -0.3 is 10.2 Å². The molecule has 0 saturated heterocycles. The van der Waals surface area contributed by atoms with Gasteiger partial charge >= 0.3 is 0 Å². The average Bonchev–Trinajstić information content (AvgIpc) is 2.45. The minimum atomic E-state index is 0.168. The summed E-state index contributed by atoms with van der Waals surface area (Å²) >= 11 is 0. The number of nitrogens with zero attached hydrogens (tertiary/aromatic N) is 1. The second-order valence-corrected chi connectivity index (χ2v) is 3.38. The van der Waals surface area contributed by atoms with E-state index in [4.69, 9.17) is 0 Å². The third kappa shape index (κ3) is 1.13. The number of rotatable bonds is 2. The van der Waals surface area contributed by atoms with Crippen LogP contribution < -0.4 is 0 Å². The monoisotopic (exact) mass is 191 g/mol. The van der Waals surface area contributed by atoms with Gasteiger partial charge in [-0.2, -0.15) is 0 Å². The number of hydrogen-bond donors (Lipinski definition) is 2. The highest BCUT2D eigenvalue weighted by Crippen LogP contribution is 2.36. The Kier molecular flexibility index (Phi) is 2.08. The molecule has 0 aromatic carbocycles. The van der Waals surface area contributed by atoms with Crippen LogP contribution in [-0.2, 0) is 19.4 Å². The summed E-state index contributed by atoms with van der Waals surface area (Å²) in [4.78, 5) is 0. The molecule has 2 N–H and O–H groups in total. The third-order valence-electron chi connectivity index (χ3n) is 2.54. The first kappa shape index (κ1) is 8.94. The molecule has 3 heteroatoms. The van der Waals surface area contributed by atoms with Crippen LogP contribution in [0.15, 0.2) is 24.8 Å². The van der Waals surface area contributed by atoms with Crippen molar-refractivity contribution in [1.29, 1.82) is 0 Å². The Bertz CT molecular complexity index is 370. The van der Waals surface area contributed by atoms with E-state index < -0.39 is 0 Å². The van der Waals surface area contributed by atoms with Gasteiger partial charge in [-0.25, -0.2) is 0 Å². The quantitative estimate of drug-likeness (QED) is 0.699. The van der Waals surface area contributed by atoms with Crippen LogP contribution in [0.3, 0.4) is 0 Å². The van der Waals surface area contributed by atoms with Crippen molar-refractivity contribution < 1.29 is 10.2 Å². The SMILES string of the molecule is C=CCn1c(O)c2c(c1O)CC=CC2. The van der Waals surface area contributed by atoms with Crippen LogP contribution >= 0.6 is 0 Å². The molecule has 2 rings (SSSR count). The van der Waals surface area contributed by atoms with Crippen molar-refractivity contribution in [2.75, 3.05) is 0 Å². The molecule has 0 radical (unpaired) electrons. The number of fused-ring (bicyclic) bond motifs is 1. The van der Waals surface area contributed by atoms with Crippen LogP contribution in [-0.4, -0.2) is 14.8 Å². The normalized spacial score (nSPS) is 14.0. The summed E-state index contributed by atoms with van der Waals surface area (Å²) in [6.07, 6.45) is 7.04. The van der Waals surface area contributed by atoms with Crippen molar-refractivity contribution in [2.45, 2.75) is 19.4 Å². The Morgan fingerprint density at radius 3 is 2.14 bits per heavy atom. The smallest absolute Gasteiger partial charge is 0.198 e. The van der Waals surface area contributed by atoms with Crippen molar-refractivity contribution in [3.05, 3.63) is 35.9 Å². The molecule has 1 aliphatic carbocycles. The van der Waals surface area contributed by atoms with E-state index in [-0.39, 0.29) is 11.8 Å². The zero-order chi connectivity index (χ0) is 10.1. The predicted molar refractivity (Wildman–Crippen MR) is 54.5 cm³/mol. The summed E-state index contributed by atoms with van der Waals surface area (Å²) in [6, 6.07) is 0. The molecule has 3 nitrogen and oxygen atoms in total. The Balaban J connectivity index is 2.53. The highest BCUT2D eigenvalue weighted by molar-refractivity contribution is 5.49. The molecule has 0 saturated carbocycles. The summed E-state index contributed by atoms with van der Waals surface area (Å²) in [6.45, 7) is 4.02. The van der Waals surface area contributed by atoms with Gasteiger partial charge in [0, 0.05) is 17.7 Å². The Hall–Kier alpha value is -1.64. The molecule has 1 aromatic heterocycles. The van der Waals surface area contributed by atoms with E-state index in [9.17, 15) is 10.2 Å². The average molecular weight is 191 g/mol. The van der Waals surface area contributed by atoms with E-state index in [1.54, 1.807) is 6.08 Å². The maximum absolute atomic E-state index is 9.81. The minimum Gasteiger partial charge on any atom is -0.494 e. The lowest BCUT2D eigenvalue weighted by Crippen LogP contribution is -1.93. The molecule has 0 fully saturated rings. The molecule has 0 bridgehead atoms. The van der Waals surface area contributed by atoms with Crippen LogP contribution in [0.25, 0.3) is 0 Å². The molecular weight excluding hydrogens is 178 g/mol. The molecule has 1 aromatic rings. The van der Waals surface area contributed by atoms with Gasteiger partial charge in [0.05, 0.1) is 0 Å². The second kappa shape index (κ2) is 3.25. The standard InChI is InChI=1S/C11H13NO2/c1-2-7-12-10(13)8-5-3-4-6-9(8)11(12)14/h2-4,13-14H,1,5-7H2. The number of allylic oxidation sites excluding steroid dienone is 3. The zero-order valence-electron chi connectivity index (χ0n) is 7.90. The van der Waals surface area contributed by atoms with Gasteiger partial charge in [-0.05, 0) is 12.8 Å². The summed E-state index contributed by atoms with van der Waals surface area (Å²) in [5, 5.41) is 19.6. The summed E-state index contributed by atoms with van der Waals surface area (Å²) in [5.74, 6) is 0.337. The topological polar surface area (TPSA) is 45.4 Å². The first-order valence-corrected chi connectivity index (χ1v) is 4.63. The number of hydrogen-bond acceptors (Lipinski definition) is 2. The lowest BCUT2D eigenvalue weighted by Gasteiger charge is -2.03. The van der Waals surface area contributed by atoms with Crippen LogP contribution in [0.2, 0.25) is 0 Å². The first-order valence-electron chi connectivity index (χ1n) is 4.63. The molecule has 1 heterocycles. The van der Waals surface area contributed by atoms with Gasteiger partial charge in [-0.1, -0.05) is 18.2 Å². The van der Waals surface area contributed by atoms with Crippen molar-refractivity contribution in [2.24, 2.45) is 0 Å². The van der Waals surface area contributed by atoms with Crippen LogP contribution in [0.1, 0.15) is 11.1 Å². The molecule has 0 atom stereocenters. The van der Waals surface area contributed by atoms with E-state index >= 15 is 0 Å². The zero-order valence-corrected chi connectivity index (χ0v) is 7.90. The fourth-order valence-electron chi connectivity index (χ4n) is 1.83. The predicted octanol–water partition coefficient (Wildman–Crippen LogP) is 1.74. The van der Waals surface area contributed by atoms with Gasteiger partial charge in [-0.15, -0.1) is 6.58 Å². The Labute approximate surface area is 82.6 Å². The van der Waals surface area contributed by atoms with Crippen LogP contribution in [0.4, 0.5) is 0 Å². The summed E-state index contributed by atoms with van der Waals surface area (Å²) in [7, 11) is 0. The third-order valence-corrected chi connectivity index (χ3v) is 2.54. The fourth-order valence-corrected chi connectivity index (χ4v) is 1.83. The molecule has 74 valence electrons. The molecular formula is C11H13NO2. The molecule has 0 amide bonds. The maximum atomic E-state index is 9.81. The first-order chi connectivity index (χ1) is 6.75. The van der Waals surface area contributed by atoms with Gasteiger partial charge in [-0.3, -0.25) is 4.57 Å². The van der Waals surface area contributed by atoms with Crippen molar-refractivity contribution in [3.8, 4) is 11.8 Å². The van der Waals surface area contributed by atoms with E-state index in [1.807, 2.05) is 12.2 Å². The van der Waals surface area contributed by atoms with E-state index in [0.29, 0.717) is 19.4 Å². The van der Waals surface area contributed by atoms with E-state index in [0.717, 1.165) is 11.1 Å². The van der Waals surface area contributed by atoms with Crippen molar-refractivity contribution in [3.63, 3.8) is 0 Å². The van der Waals surface area contributed by atoms with E-state index in [1.165, 1.54) is 4.57 Å². The summed E-state index contributed by atoms with van der Waals surface area (Å²) < 4.78 is 1.48. The van der Waals surface area contributed by atoms with Gasteiger partial charge in [0.25, 0.3) is 0 Å². The van der Waals surface area contributed by atoms with Gasteiger partial charge in [0.2, 0.25) is 0 Å². The summed E-state index contributed by atoms with van der Waals surface area (Å²) in [5.41, 5.74) is 1.68. The minimum absolute atomic E-state index is 0.168. The van der Waals surface area contributed by atoms with E-state index in [2.05, 4.69) is 6.58 Å². The van der Waals surface area contributed by atoms with Crippen molar-refractivity contribution >= 4 is 0 Å². The Morgan fingerprint density at radius 2 is 1.71 bits per heavy atom. The molecule has 0 spiro atoms. The van der Waals surface area contributed by atoms with Crippen LogP contribution in [0.5, 0.6) is 11.8 Å². The fraction of sp³-hybridized carbons (Fsp3) is 0.273. The molecule has 0 unspecified atom stereocenters. The number of aromatic hydroxyl groups is 2. The molecule has 0 aliphatic heterocycles. The number of aromatic nitrogens is 1. The van der Waals surface area contributed by atoms with Crippen molar-refractivity contribution in [1.82, 2.24) is 4.57 Å². The highest BCUT2D eigenvalue weighted by atomic mass is 16.3. The highest BCUT2D eigenvalue weighted by Gasteiger charge is 2.21. The molecule has 1 aliphatic rings. The maximum Gasteiger partial charge on any atom is 0.198 e. The Morgan fingerprint density at radius 1 is 1.21 bits per heavy atom. The molecule has 14 heavy (non-hydrogen) atoms. The van der Waals surface area contributed by atoms with Gasteiger partial charge in [0.15, 0.2) is 11.8 Å². The lowest BCUT2D eigenvalue weighted by atomic mass is 10.0.